The fraction of sp³-hybridized carbons (Fsp3) is 0.290. The molecular formula is C31H33BrN4O3. The maximum Gasteiger partial charge on any atom is 0.248 e. The van der Waals surface area contributed by atoms with Gasteiger partial charge in [-0.05, 0) is 79.4 Å². The normalized spacial score (nSPS) is 19.3. The third-order valence-electron chi connectivity index (χ3n) is 7.36. The van der Waals surface area contributed by atoms with E-state index in [2.05, 4.69) is 31.5 Å². The first-order chi connectivity index (χ1) is 18.9. The van der Waals surface area contributed by atoms with Gasteiger partial charge in [0.15, 0.2) is 0 Å². The van der Waals surface area contributed by atoms with E-state index in [0.29, 0.717) is 23.5 Å². The second kappa shape index (κ2) is 12.6. The summed E-state index contributed by atoms with van der Waals surface area (Å²) in [5.41, 5.74) is 9.59. The van der Waals surface area contributed by atoms with Crippen LogP contribution in [0, 0.1) is 0 Å². The zero-order valence-electron chi connectivity index (χ0n) is 21.7. The molecule has 2 amide bonds. The molecule has 0 saturated carbocycles. The number of carbonyl (C=O) groups is 2. The van der Waals surface area contributed by atoms with E-state index >= 15 is 0 Å². The number of nitrogens with zero attached hydrogens (tertiary/aromatic N) is 1. The minimum absolute atomic E-state index is 0.0216. The zero-order chi connectivity index (χ0) is 27.2. The lowest BCUT2D eigenvalue weighted by atomic mass is 9.92. The number of nitrogens with one attached hydrogen (secondary N) is 2. The van der Waals surface area contributed by atoms with Crippen LogP contribution >= 0.6 is 15.9 Å². The Morgan fingerprint density at radius 1 is 1.05 bits per heavy atom. The highest BCUT2D eigenvalue weighted by atomic mass is 79.9. The Labute approximate surface area is 237 Å². The summed E-state index contributed by atoms with van der Waals surface area (Å²) < 4.78 is 6.69. The number of ether oxygens (including phenoxy) is 1. The third kappa shape index (κ3) is 7.15. The van der Waals surface area contributed by atoms with Gasteiger partial charge in [0.1, 0.15) is 0 Å². The maximum atomic E-state index is 13.4. The second-order valence-corrected chi connectivity index (χ2v) is 11.0. The lowest BCUT2D eigenvalue weighted by Crippen LogP contribution is -2.37. The van der Waals surface area contributed by atoms with E-state index in [1.807, 2.05) is 60.7 Å². The molecule has 2 saturated heterocycles. The third-order valence-corrected chi connectivity index (χ3v) is 7.89. The van der Waals surface area contributed by atoms with Gasteiger partial charge in [0, 0.05) is 28.8 Å². The van der Waals surface area contributed by atoms with Crippen molar-refractivity contribution < 1.29 is 14.3 Å². The van der Waals surface area contributed by atoms with Crippen LogP contribution in [0.15, 0.2) is 83.3 Å². The number of morpholine rings is 1. The highest BCUT2D eigenvalue weighted by Crippen LogP contribution is 2.30. The van der Waals surface area contributed by atoms with Crippen molar-refractivity contribution in [3.63, 3.8) is 0 Å². The van der Waals surface area contributed by atoms with Gasteiger partial charge in [0.2, 0.25) is 11.8 Å². The van der Waals surface area contributed by atoms with Gasteiger partial charge in [-0.25, -0.2) is 0 Å². The fourth-order valence-corrected chi connectivity index (χ4v) is 5.52. The van der Waals surface area contributed by atoms with Crippen LogP contribution in [0.25, 0.3) is 6.08 Å². The number of hydrogen-bond acceptors (Lipinski definition) is 5. The van der Waals surface area contributed by atoms with Crippen molar-refractivity contribution in [2.45, 2.75) is 37.3 Å². The molecule has 2 aliphatic rings. The van der Waals surface area contributed by atoms with Crippen LogP contribution < -0.4 is 16.4 Å². The van der Waals surface area contributed by atoms with Crippen molar-refractivity contribution in [1.29, 1.82) is 0 Å². The Balaban J connectivity index is 1.24. The minimum atomic E-state index is -0.285. The lowest BCUT2D eigenvalue weighted by molar-refractivity contribution is -0.117. The minimum Gasteiger partial charge on any atom is -0.397 e. The van der Waals surface area contributed by atoms with Crippen molar-refractivity contribution in [3.8, 4) is 0 Å². The van der Waals surface area contributed by atoms with Crippen LogP contribution in [0.4, 0.5) is 17.1 Å². The average molecular weight is 590 g/mol. The molecule has 2 aliphatic heterocycles. The molecule has 202 valence electrons. The number of nitrogen functional groups attached to an aromatic ring is 1. The highest BCUT2D eigenvalue weighted by Gasteiger charge is 2.38. The van der Waals surface area contributed by atoms with Crippen LogP contribution in [0.2, 0.25) is 0 Å². The van der Waals surface area contributed by atoms with Gasteiger partial charge < -0.3 is 21.1 Å². The molecule has 5 rings (SSSR count). The van der Waals surface area contributed by atoms with Crippen molar-refractivity contribution in [1.82, 2.24) is 4.90 Å². The SMILES string of the molecule is Nc1ccccc1NC(=O)/C=C/c1ccc(C(CCCN2C[C@@H]3C[C@H]2CO3)C(=O)Nc2ccc(Br)cc2)cc1. The number of halogens is 1. The summed E-state index contributed by atoms with van der Waals surface area (Å²) in [5.74, 6) is -0.566. The number of anilines is 3. The first-order valence-electron chi connectivity index (χ1n) is 13.3. The smallest absolute Gasteiger partial charge is 0.248 e. The lowest BCUT2D eigenvalue weighted by Gasteiger charge is -2.27. The summed E-state index contributed by atoms with van der Waals surface area (Å²) >= 11 is 3.44. The van der Waals surface area contributed by atoms with E-state index in [1.54, 1.807) is 18.2 Å². The fourth-order valence-electron chi connectivity index (χ4n) is 5.26. The van der Waals surface area contributed by atoms with E-state index in [4.69, 9.17) is 10.5 Å². The van der Waals surface area contributed by atoms with Gasteiger partial charge in [-0.15, -0.1) is 0 Å². The molecule has 2 bridgehead atoms. The van der Waals surface area contributed by atoms with Crippen LogP contribution in [0.5, 0.6) is 0 Å². The molecular weight excluding hydrogens is 556 g/mol. The van der Waals surface area contributed by atoms with Crippen LogP contribution in [0.1, 0.15) is 36.3 Å². The van der Waals surface area contributed by atoms with Crippen molar-refractivity contribution in [3.05, 3.63) is 94.5 Å². The molecule has 2 fully saturated rings. The van der Waals surface area contributed by atoms with E-state index in [0.717, 1.165) is 60.2 Å². The average Bonchev–Trinajstić information content (AvgIpc) is 3.57. The number of rotatable bonds is 10. The van der Waals surface area contributed by atoms with E-state index in [9.17, 15) is 9.59 Å². The Morgan fingerprint density at radius 3 is 2.51 bits per heavy atom. The van der Waals surface area contributed by atoms with Crippen molar-refractivity contribution >= 4 is 50.9 Å². The van der Waals surface area contributed by atoms with E-state index in [-0.39, 0.29) is 17.7 Å². The number of para-hydroxylation sites is 2. The van der Waals surface area contributed by atoms with Crippen molar-refractivity contribution in [2.75, 3.05) is 36.1 Å². The van der Waals surface area contributed by atoms with Gasteiger partial charge in [-0.3, -0.25) is 14.5 Å². The summed E-state index contributed by atoms with van der Waals surface area (Å²) in [6.45, 7) is 2.78. The Morgan fingerprint density at radius 2 is 1.82 bits per heavy atom. The number of carbonyl (C=O) groups excluding carboxylic acids is 2. The maximum absolute atomic E-state index is 13.4. The molecule has 0 aromatic heterocycles. The first-order valence-corrected chi connectivity index (χ1v) is 14.1. The number of benzene rings is 3. The number of amides is 2. The molecule has 7 nitrogen and oxygen atoms in total. The van der Waals surface area contributed by atoms with Gasteiger partial charge in [0.25, 0.3) is 0 Å². The standard InChI is InChI=1S/C31H33BrN4O3/c32-23-12-14-24(15-13-23)34-31(38)27(4-3-17-36-19-26-18-25(36)20-39-26)22-10-7-21(8-11-22)9-16-30(37)35-29-6-2-1-5-28(29)33/h1-2,5-16,25-27H,3-4,17-20,33H2,(H,34,38)(H,35,37)/b16-9+/t25-,26-,27?/m0/s1. The quantitative estimate of drug-likeness (QED) is 0.210. The number of likely N-dealkylation sites (tertiary alicyclic amines) is 1. The van der Waals surface area contributed by atoms with E-state index < -0.39 is 0 Å². The highest BCUT2D eigenvalue weighted by molar-refractivity contribution is 9.10. The monoisotopic (exact) mass is 588 g/mol. The molecule has 2 heterocycles. The molecule has 3 aromatic rings. The number of hydrogen-bond donors (Lipinski definition) is 3. The molecule has 8 heteroatoms. The van der Waals surface area contributed by atoms with Gasteiger partial charge in [0.05, 0.1) is 30.0 Å². The van der Waals surface area contributed by atoms with Crippen LogP contribution in [-0.4, -0.2) is 48.6 Å². The summed E-state index contributed by atoms with van der Waals surface area (Å²) in [7, 11) is 0. The van der Waals surface area contributed by atoms with Gasteiger partial charge >= 0.3 is 0 Å². The Bertz CT molecular complexity index is 1330. The zero-order valence-corrected chi connectivity index (χ0v) is 23.3. The number of nitrogens with two attached hydrogens (primary N) is 1. The molecule has 1 unspecified atom stereocenters. The molecule has 0 aliphatic carbocycles. The largest absolute Gasteiger partial charge is 0.397 e. The van der Waals surface area contributed by atoms with Crippen LogP contribution in [-0.2, 0) is 14.3 Å². The summed E-state index contributed by atoms with van der Waals surface area (Å²) in [5, 5.41) is 5.87. The first kappa shape index (κ1) is 27.1. The summed E-state index contributed by atoms with van der Waals surface area (Å²) in [6.07, 6.45) is 6.39. The molecule has 3 atom stereocenters. The van der Waals surface area contributed by atoms with Gasteiger partial charge in [-0.1, -0.05) is 52.3 Å². The Kier molecular flexibility index (Phi) is 8.76. The topological polar surface area (TPSA) is 96.7 Å². The van der Waals surface area contributed by atoms with Crippen molar-refractivity contribution in [2.24, 2.45) is 0 Å². The predicted molar refractivity (Wildman–Crippen MR) is 159 cm³/mol. The second-order valence-electron chi connectivity index (χ2n) is 10.1. The van der Waals surface area contributed by atoms with Gasteiger partial charge in [-0.2, -0.15) is 0 Å². The molecule has 4 N–H and O–H groups in total. The van der Waals surface area contributed by atoms with E-state index in [1.165, 1.54) is 6.08 Å². The Hall–Kier alpha value is -3.46. The molecule has 0 radical (unpaired) electrons. The van der Waals surface area contributed by atoms with Crippen LogP contribution in [0.3, 0.4) is 0 Å². The molecule has 0 spiro atoms. The summed E-state index contributed by atoms with van der Waals surface area (Å²) in [4.78, 5) is 28.3. The summed E-state index contributed by atoms with van der Waals surface area (Å²) in [6, 6.07) is 23.1. The predicted octanol–water partition coefficient (Wildman–Crippen LogP) is 5.66. The molecule has 39 heavy (non-hydrogen) atoms. The number of fused-ring (bicyclic) bond motifs is 2. The molecule has 3 aromatic carbocycles.